The molecule has 4 nitrogen and oxygen atoms in total. The number of hydrogen-bond donors (Lipinski definition) is 1. The van der Waals surface area contributed by atoms with Crippen molar-refractivity contribution in [2.24, 2.45) is 0 Å². The van der Waals surface area contributed by atoms with E-state index in [0.29, 0.717) is 30.5 Å². The largest absolute Gasteiger partial charge is 1.00 e. The molecular formula is C9H17ClFNO3S. The highest BCUT2D eigenvalue weighted by Crippen LogP contribution is 2.32. The number of alkyl halides is 1. The number of sulfone groups is 1. The molecule has 7 heteroatoms. The molecule has 2 rings (SSSR count). The zero-order valence-corrected chi connectivity index (χ0v) is 10.6. The van der Waals surface area contributed by atoms with E-state index in [1.54, 1.807) is 0 Å². The van der Waals surface area contributed by atoms with Crippen molar-refractivity contribution in [2.75, 3.05) is 44.3 Å². The molecule has 2 heterocycles. The van der Waals surface area contributed by atoms with Crippen molar-refractivity contribution in [2.45, 2.75) is 12.1 Å². The molecule has 1 N–H and O–H groups in total. The fourth-order valence-electron chi connectivity index (χ4n) is 2.59. The first-order chi connectivity index (χ1) is 6.89. The Morgan fingerprint density at radius 3 is 2.25 bits per heavy atom. The number of rotatable bonds is 1. The molecule has 2 aliphatic heterocycles. The maximum Gasteiger partial charge on any atom is 0.187 e. The van der Waals surface area contributed by atoms with Crippen LogP contribution in [0.1, 0.15) is 6.42 Å². The van der Waals surface area contributed by atoms with E-state index >= 15 is 0 Å². The van der Waals surface area contributed by atoms with Crippen LogP contribution >= 0.6 is 0 Å². The SMILES string of the molecule is O=S1(=O)CC[N+]2(CCC(F)(CO)C2)CC1.[Cl-]. The first-order valence-corrected chi connectivity index (χ1v) is 7.06. The van der Waals surface area contributed by atoms with Crippen molar-refractivity contribution >= 4 is 9.84 Å². The Balaban J connectivity index is 0.00000128. The Kier molecular flexibility index (Phi) is 3.89. The van der Waals surface area contributed by atoms with Crippen molar-refractivity contribution in [1.82, 2.24) is 0 Å². The van der Waals surface area contributed by atoms with Gasteiger partial charge in [0, 0.05) is 6.42 Å². The summed E-state index contributed by atoms with van der Waals surface area (Å²) >= 11 is 0. The van der Waals surface area contributed by atoms with Gasteiger partial charge in [0.05, 0.1) is 37.7 Å². The average Bonchev–Trinajstić information content (AvgIpc) is 2.52. The maximum atomic E-state index is 13.8. The number of halogens is 2. The lowest BCUT2D eigenvalue weighted by atomic mass is 10.1. The summed E-state index contributed by atoms with van der Waals surface area (Å²) in [6, 6.07) is 0. The van der Waals surface area contributed by atoms with E-state index in [-0.39, 0.29) is 30.5 Å². The van der Waals surface area contributed by atoms with Gasteiger partial charge in [-0.05, 0) is 0 Å². The van der Waals surface area contributed by atoms with Gasteiger partial charge in [-0.2, -0.15) is 0 Å². The van der Waals surface area contributed by atoms with Crippen LogP contribution in [0, 0.1) is 0 Å². The highest BCUT2D eigenvalue weighted by molar-refractivity contribution is 7.91. The first-order valence-electron chi connectivity index (χ1n) is 5.24. The van der Waals surface area contributed by atoms with Crippen molar-refractivity contribution in [3.63, 3.8) is 0 Å². The molecule has 1 atom stereocenters. The molecule has 0 aliphatic carbocycles. The van der Waals surface area contributed by atoms with E-state index in [2.05, 4.69) is 0 Å². The van der Waals surface area contributed by atoms with Crippen LogP contribution in [-0.2, 0) is 9.84 Å². The lowest BCUT2D eigenvalue weighted by molar-refractivity contribution is -0.915. The monoisotopic (exact) mass is 273 g/mol. The summed E-state index contributed by atoms with van der Waals surface area (Å²) in [7, 11) is -2.89. The normalized spacial score (nSPS) is 35.9. The molecule has 0 bridgehead atoms. The summed E-state index contributed by atoms with van der Waals surface area (Å²) in [5.74, 6) is 0.322. The lowest BCUT2D eigenvalue weighted by Gasteiger charge is -2.37. The number of aliphatic hydroxyl groups is 1. The summed E-state index contributed by atoms with van der Waals surface area (Å²) in [6.45, 7) is 1.51. The van der Waals surface area contributed by atoms with Crippen LogP contribution in [0.3, 0.4) is 0 Å². The Morgan fingerprint density at radius 1 is 1.25 bits per heavy atom. The second-order valence-corrected chi connectivity index (χ2v) is 7.19. The third kappa shape index (κ3) is 2.67. The molecule has 0 aromatic carbocycles. The molecule has 2 fully saturated rings. The molecule has 0 saturated carbocycles. The third-order valence-electron chi connectivity index (χ3n) is 3.69. The average molecular weight is 274 g/mol. The van der Waals surface area contributed by atoms with E-state index in [1.165, 1.54) is 0 Å². The zero-order valence-electron chi connectivity index (χ0n) is 9.03. The Hall–Kier alpha value is 0.0900. The van der Waals surface area contributed by atoms with Crippen LogP contribution in [0.5, 0.6) is 0 Å². The molecule has 16 heavy (non-hydrogen) atoms. The number of quaternary nitrogens is 1. The standard InChI is InChI=1S/C9H17FNO3S.ClH/c10-9(8-12)1-2-11(7-9)3-5-15(13,14)6-4-11;/h12H,1-8H2;1H/q+1;/p-1. The zero-order chi connectivity index (χ0) is 11.2. The summed E-state index contributed by atoms with van der Waals surface area (Å²) in [6.07, 6.45) is 0.351. The van der Waals surface area contributed by atoms with Gasteiger partial charge in [-0.25, -0.2) is 12.8 Å². The molecule has 0 aromatic heterocycles. The molecular weight excluding hydrogens is 257 g/mol. The van der Waals surface area contributed by atoms with Crippen molar-refractivity contribution < 1.29 is 34.8 Å². The number of nitrogens with zero attached hydrogens (tertiary/aromatic N) is 1. The van der Waals surface area contributed by atoms with E-state index in [1.807, 2.05) is 0 Å². The molecule has 0 aromatic rings. The van der Waals surface area contributed by atoms with Crippen LogP contribution in [-0.4, -0.2) is 68.0 Å². The molecule has 0 radical (unpaired) electrons. The van der Waals surface area contributed by atoms with E-state index in [9.17, 15) is 12.8 Å². The van der Waals surface area contributed by atoms with Gasteiger partial charge < -0.3 is 22.0 Å². The van der Waals surface area contributed by atoms with E-state index in [0.717, 1.165) is 0 Å². The van der Waals surface area contributed by atoms with Gasteiger partial charge in [-0.15, -0.1) is 0 Å². The van der Waals surface area contributed by atoms with Gasteiger partial charge in [-0.1, -0.05) is 0 Å². The van der Waals surface area contributed by atoms with Gasteiger partial charge in [-0.3, -0.25) is 0 Å². The second-order valence-electron chi connectivity index (χ2n) is 4.88. The summed E-state index contributed by atoms with van der Waals surface area (Å²) in [5, 5.41) is 8.94. The van der Waals surface area contributed by atoms with Crippen molar-refractivity contribution in [3.8, 4) is 0 Å². The topological polar surface area (TPSA) is 54.4 Å². The third-order valence-corrected chi connectivity index (χ3v) is 5.30. The van der Waals surface area contributed by atoms with Crippen LogP contribution < -0.4 is 12.4 Å². The van der Waals surface area contributed by atoms with Crippen molar-refractivity contribution in [3.05, 3.63) is 0 Å². The van der Waals surface area contributed by atoms with Gasteiger partial charge in [0.1, 0.15) is 6.54 Å². The highest BCUT2D eigenvalue weighted by atomic mass is 35.5. The molecule has 96 valence electrons. The summed E-state index contributed by atoms with van der Waals surface area (Å²) in [4.78, 5) is 0. The minimum Gasteiger partial charge on any atom is -1.00 e. The smallest absolute Gasteiger partial charge is 0.187 e. The summed E-state index contributed by atoms with van der Waals surface area (Å²) < 4.78 is 36.9. The van der Waals surface area contributed by atoms with Crippen LogP contribution in [0.4, 0.5) is 4.39 Å². The van der Waals surface area contributed by atoms with E-state index in [4.69, 9.17) is 5.11 Å². The quantitative estimate of drug-likeness (QED) is 0.501. The van der Waals surface area contributed by atoms with Gasteiger partial charge >= 0.3 is 0 Å². The minimum atomic E-state index is -2.89. The van der Waals surface area contributed by atoms with Gasteiger partial charge in [0.2, 0.25) is 0 Å². The molecule has 1 unspecified atom stereocenters. The molecule has 1 spiro atoms. The summed E-state index contributed by atoms with van der Waals surface area (Å²) in [5.41, 5.74) is -1.49. The first kappa shape index (κ1) is 14.2. The van der Waals surface area contributed by atoms with Gasteiger partial charge in [0.15, 0.2) is 15.5 Å². The molecule has 2 aliphatic rings. The van der Waals surface area contributed by atoms with Crippen LogP contribution in [0.25, 0.3) is 0 Å². The molecule has 2 saturated heterocycles. The number of aliphatic hydroxyl groups excluding tert-OH is 1. The van der Waals surface area contributed by atoms with Crippen LogP contribution in [0.15, 0.2) is 0 Å². The van der Waals surface area contributed by atoms with Crippen LogP contribution in [0.2, 0.25) is 0 Å². The molecule has 0 amide bonds. The van der Waals surface area contributed by atoms with E-state index < -0.39 is 22.1 Å². The Bertz CT molecular complexity index is 348. The van der Waals surface area contributed by atoms with Crippen molar-refractivity contribution in [1.29, 1.82) is 0 Å². The Morgan fingerprint density at radius 2 is 1.81 bits per heavy atom. The minimum absolute atomic E-state index is 0. The highest BCUT2D eigenvalue weighted by Gasteiger charge is 2.50. The van der Waals surface area contributed by atoms with Gasteiger partial charge in [0.25, 0.3) is 0 Å². The maximum absolute atomic E-state index is 13.8. The predicted octanol–water partition coefficient (Wildman–Crippen LogP) is -3.66. The Labute approximate surface area is 101 Å². The fourth-order valence-corrected chi connectivity index (χ4v) is 4.12. The fraction of sp³-hybridized carbons (Fsp3) is 1.00. The second kappa shape index (κ2) is 4.40. The number of hydrogen-bond acceptors (Lipinski definition) is 3. The lowest BCUT2D eigenvalue weighted by Crippen LogP contribution is -3.00. The predicted molar refractivity (Wildman–Crippen MR) is 53.9 cm³/mol.